The minimum Gasteiger partial charge on any atom is -0.472 e. The molecule has 0 spiro atoms. The number of hydrogen-bond acceptors (Lipinski definition) is 2. The van der Waals surface area contributed by atoms with E-state index in [-0.39, 0.29) is 0 Å². The molecule has 0 unspecified atom stereocenters. The topological polar surface area (TPSA) is 49.3 Å². The van der Waals surface area contributed by atoms with Gasteiger partial charge < -0.3 is 10.4 Å². The van der Waals surface area contributed by atoms with Gasteiger partial charge in [-0.2, -0.15) is 0 Å². The lowest BCUT2D eigenvalue weighted by atomic mass is 10.2. The quantitative estimate of drug-likeness (QED) is 0.693. The van der Waals surface area contributed by atoms with Crippen LogP contribution in [0.4, 0.5) is 5.69 Å². The molecule has 0 saturated carbocycles. The van der Waals surface area contributed by atoms with Gasteiger partial charge in [0.15, 0.2) is 0 Å². The third kappa shape index (κ3) is 3.63. The smallest absolute Gasteiger partial charge is 0.381 e. The number of rotatable bonds is 2. The van der Waals surface area contributed by atoms with Gasteiger partial charge in [-0.05, 0) is 24.6 Å². The zero-order valence-electron chi connectivity index (χ0n) is 7.87. The van der Waals surface area contributed by atoms with Gasteiger partial charge >= 0.3 is 5.97 Å². The second-order valence-corrected chi connectivity index (χ2v) is 2.83. The summed E-state index contributed by atoms with van der Waals surface area (Å²) >= 11 is 0. The average molecular weight is 189 g/mol. The minimum absolute atomic E-state index is 0.343. The summed E-state index contributed by atoms with van der Waals surface area (Å²) in [7, 11) is 0. The fourth-order valence-electron chi connectivity index (χ4n) is 1.02. The molecule has 3 nitrogen and oxygen atoms in total. The molecule has 72 valence electrons. The molecule has 0 atom stereocenters. The van der Waals surface area contributed by atoms with Crippen LogP contribution in [0.2, 0.25) is 0 Å². The lowest BCUT2D eigenvalue weighted by Crippen LogP contribution is -1.99. The average Bonchev–Trinajstić information content (AvgIpc) is 2.12. The number of hydrogen-bond donors (Lipinski definition) is 2. The molecular formula is C11H11NO2. The Bertz CT molecular complexity index is 388. The van der Waals surface area contributed by atoms with Gasteiger partial charge in [-0.3, -0.25) is 0 Å². The van der Waals surface area contributed by atoms with Crippen LogP contribution in [0.15, 0.2) is 24.3 Å². The highest BCUT2D eigenvalue weighted by Gasteiger charge is 1.89. The molecule has 0 aromatic heterocycles. The maximum absolute atomic E-state index is 10.1. The summed E-state index contributed by atoms with van der Waals surface area (Å²) in [4.78, 5) is 10.1. The van der Waals surface area contributed by atoms with Gasteiger partial charge in [-0.25, -0.2) is 4.79 Å². The number of aliphatic carboxylic acids is 1. The standard InChI is InChI=1S/C11H11NO2/c1-9-4-2-5-10(8-9)12-7-3-6-11(13)14/h2,4-5,8,12H,7H2,1H3,(H,13,14). The van der Waals surface area contributed by atoms with Gasteiger partial charge in [0.05, 0.1) is 6.54 Å². The summed E-state index contributed by atoms with van der Waals surface area (Å²) < 4.78 is 0. The van der Waals surface area contributed by atoms with Crippen molar-refractivity contribution >= 4 is 11.7 Å². The van der Waals surface area contributed by atoms with Crippen LogP contribution < -0.4 is 5.32 Å². The van der Waals surface area contributed by atoms with Crippen LogP contribution in [0, 0.1) is 18.8 Å². The number of anilines is 1. The number of benzene rings is 1. The molecule has 0 aliphatic rings. The Morgan fingerprint density at radius 3 is 3.00 bits per heavy atom. The van der Waals surface area contributed by atoms with E-state index in [0.717, 1.165) is 11.3 Å². The number of carboxylic acid groups (broad SMARTS) is 1. The molecule has 0 bridgehead atoms. The maximum atomic E-state index is 10.1. The number of nitrogens with one attached hydrogen (secondary N) is 1. The van der Waals surface area contributed by atoms with E-state index in [1.54, 1.807) is 0 Å². The van der Waals surface area contributed by atoms with Crippen molar-refractivity contribution in [3.8, 4) is 11.8 Å². The van der Waals surface area contributed by atoms with E-state index in [1.165, 1.54) is 0 Å². The fourth-order valence-corrected chi connectivity index (χ4v) is 1.02. The van der Waals surface area contributed by atoms with E-state index in [4.69, 9.17) is 5.11 Å². The van der Waals surface area contributed by atoms with E-state index in [1.807, 2.05) is 37.1 Å². The molecule has 1 aromatic carbocycles. The highest BCUT2D eigenvalue weighted by molar-refractivity contribution is 5.86. The van der Waals surface area contributed by atoms with E-state index in [2.05, 4.69) is 11.2 Å². The third-order valence-corrected chi connectivity index (χ3v) is 1.59. The largest absolute Gasteiger partial charge is 0.472 e. The highest BCUT2D eigenvalue weighted by Crippen LogP contribution is 2.08. The maximum Gasteiger partial charge on any atom is 0.381 e. The van der Waals surface area contributed by atoms with Gasteiger partial charge in [-0.15, -0.1) is 0 Å². The molecular weight excluding hydrogens is 178 g/mol. The van der Waals surface area contributed by atoms with Crippen LogP contribution in [0.1, 0.15) is 5.56 Å². The molecule has 14 heavy (non-hydrogen) atoms. The van der Waals surface area contributed by atoms with Crippen molar-refractivity contribution < 1.29 is 9.90 Å². The molecule has 0 heterocycles. The van der Waals surface area contributed by atoms with Gasteiger partial charge in [0, 0.05) is 11.6 Å². The molecule has 0 radical (unpaired) electrons. The van der Waals surface area contributed by atoms with Crippen molar-refractivity contribution in [1.82, 2.24) is 0 Å². The van der Waals surface area contributed by atoms with Crippen LogP contribution in [-0.2, 0) is 4.79 Å². The van der Waals surface area contributed by atoms with Gasteiger partial charge in [0.1, 0.15) is 0 Å². The molecule has 0 saturated heterocycles. The zero-order valence-corrected chi connectivity index (χ0v) is 7.87. The van der Waals surface area contributed by atoms with Crippen molar-refractivity contribution in [2.24, 2.45) is 0 Å². The van der Waals surface area contributed by atoms with Gasteiger partial charge in [-0.1, -0.05) is 18.1 Å². The number of carbonyl (C=O) groups is 1. The van der Waals surface area contributed by atoms with E-state index >= 15 is 0 Å². The second-order valence-electron chi connectivity index (χ2n) is 2.83. The normalized spacial score (nSPS) is 8.64. The Kier molecular flexibility index (Phi) is 3.57. The Morgan fingerprint density at radius 1 is 1.57 bits per heavy atom. The first-order chi connectivity index (χ1) is 6.68. The van der Waals surface area contributed by atoms with Crippen molar-refractivity contribution in [3.05, 3.63) is 29.8 Å². The first-order valence-electron chi connectivity index (χ1n) is 4.21. The molecule has 1 aromatic rings. The Labute approximate surface area is 82.8 Å². The van der Waals surface area contributed by atoms with Crippen molar-refractivity contribution in [1.29, 1.82) is 0 Å². The summed E-state index contributed by atoms with van der Waals surface area (Å²) in [6, 6.07) is 7.81. The highest BCUT2D eigenvalue weighted by atomic mass is 16.4. The number of carboxylic acids is 1. The summed E-state index contributed by atoms with van der Waals surface area (Å²) in [5, 5.41) is 11.3. The number of aryl methyl sites for hydroxylation is 1. The predicted molar refractivity (Wildman–Crippen MR) is 55.1 cm³/mol. The Morgan fingerprint density at radius 2 is 2.36 bits per heavy atom. The molecule has 0 amide bonds. The third-order valence-electron chi connectivity index (χ3n) is 1.59. The van der Waals surface area contributed by atoms with Crippen LogP contribution >= 0.6 is 0 Å². The molecule has 2 N–H and O–H groups in total. The van der Waals surface area contributed by atoms with Gasteiger partial charge in [0.2, 0.25) is 0 Å². The summed E-state index contributed by atoms with van der Waals surface area (Å²) in [5.41, 5.74) is 2.10. The summed E-state index contributed by atoms with van der Waals surface area (Å²) in [5.74, 6) is 3.43. The lowest BCUT2D eigenvalue weighted by Gasteiger charge is -2.01. The first-order valence-corrected chi connectivity index (χ1v) is 4.21. The lowest BCUT2D eigenvalue weighted by molar-refractivity contribution is -0.130. The minimum atomic E-state index is -1.10. The predicted octanol–water partition coefficient (Wildman–Crippen LogP) is 1.49. The molecule has 0 aliphatic carbocycles. The SMILES string of the molecule is Cc1cccc(NCC#CC(=O)O)c1. The van der Waals surface area contributed by atoms with E-state index < -0.39 is 5.97 Å². The van der Waals surface area contributed by atoms with Crippen molar-refractivity contribution in [2.45, 2.75) is 6.92 Å². The molecule has 0 fully saturated rings. The van der Waals surface area contributed by atoms with Crippen LogP contribution in [0.25, 0.3) is 0 Å². The van der Waals surface area contributed by atoms with Crippen LogP contribution in [0.3, 0.4) is 0 Å². The summed E-state index contributed by atoms with van der Waals surface area (Å²) in [6.45, 7) is 2.34. The second kappa shape index (κ2) is 4.93. The summed E-state index contributed by atoms with van der Waals surface area (Å²) in [6.07, 6.45) is 0. The van der Waals surface area contributed by atoms with Crippen molar-refractivity contribution in [3.63, 3.8) is 0 Å². The van der Waals surface area contributed by atoms with Crippen LogP contribution in [-0.4, -0.2) is 17.6 Å². The van der Waals surface area contributed by atoms with Gasteiger partial charge in [0.25, 0.3) is 0 Å². The fraction of sp³-hybridized carbons (Fsp3) is 0.182. The van der Waals surface area contributed by atoms with Crippen molar-refractivity contribution in [2.75, 3.05) is 11.9 Å². The van der Waals surface area contributed by atoms with E-state index in [0.29, 0.717) is 6.54 Å². The Hall–Kier alpha value is -1.95. The zero-order chi connectivity index (χ0) is 10.4. The molecule has 0 aliphatic heterocycles. The first kappa shape index (κ1) is 10.1. The monoisotopic (exact) mass is 189 g/mol. The molecule has 3 heteroatoms. The Balaban J connectivity index is 2.47. The molecule has 1 rings (SSSR count). The van der Waals surface area contributed by atoms with Crippen LogP contribution in [0.5, 0.6) is 0 Å². The van der Waals surface area contributed by atoms with E-state index in [9.17, 15) is 4.79 Å².